The first-order chi connectivity index (χ1) is 13.9. The molecule has 0 fully saturated rings. The summed E-state index contributed by atoms with van der Waals surface area (Å²) in [5.74, 6) is 2.00. The third-order valence-electron chi connectivity index (χ3n) is 5.87. The Kier molecular flexibility index (Phi) is 27.6. The summed E-state index contributed by atoms with van der Waals surface area (Å²) in [4.78, 5) is 0. The molecule has 0 N–H and O–H groups in total. The highest BCUT2D eigenvalue weighted by Gasteiger charge is 1.96. The van der Waals surface area contributed by atoms with Crippen molar-refractivity contribution < 1.29 is 5.11 Å². The molecular weight excluding hydrogens is 360 g/mol. The third-order valence-corrected chi connectivity index (χ3v) is 6.90. The standard InChI is InChI=1S/C26H53OS/c1-2-3-4-5-6-7-8-9-10-11-12-13-14-15-16-17-18-19-20-21-22-23-25-28-26-24-27/h2-26H2,1H3. The summed E-state index contributed by atoms with van der Waals surface area (Å²) < 4.78 is 0. The first kappa shape index (κ1) is 28.3. The van der Waals surface area contributed by atoms with E-state index < -0.39 is 0 Å². The molecule has 0 saturated carbocycles. The van der Waals surface area contributed by atoms with Crippen LogP contribution in [-0.4, -0.2) is 18.1 Å². The second-order valence-electron chi connectivity index (χ2n) is 8.74. The highest BCUT2D eigenvalue weighted by atomic mass is 32.2. The van der Waals surface area contributed by atoms with Crippen molar-refractivity contribution in [3.63, 3.8) is 0 Å². The van der Waals surface area contributed by atoms with Crippen molar-refractivity contribution in [2.45, 2.75) is 148 Å². The van der Waals surface area contributed by atoms with Gasteiger partial charge in [0.25, 0.3) is 0 Å². The first-order valence-electron chi connectivity index (χ1n) is 13.1. The van der Waals surface area contributed by atoms with E-state index in [2.05, 4.69) is 6.92 Å². The predicted octanol–water partition coefficient (Wildman–Crippen LogP) is 9.75. The van der Waals surface area contributed by atoms with Crippen LogP contribution in [0, 0.1) is 0 Å². The van der Waals surface area contributed by atoms with E-state index in [1.165, 1.54) is 147 Å². The summed E-state index contributed by atoms with van der Waals surface area (Å²) in [5, 5.41) is 10.3. The molecule has 0 aliphatic carbocycles. The van der Waals surface area contributed by atoms with Gasteiger partial charge in [-0.3, -0.25) is 0 Å². The summed E-state index contributed by atoms with van der Waals surface area (Å²) >= 11 is 1.83. The van der Waals surface area contributed by atoms with E-state index in [0.29, 0.717) is 0 Å². The van der Waals surface area contributed by atoms with Crippen LogP contribution in [0.3, 0.4) is 0 Å². The number of unbranched alkanes of at least 4 members (excludes halogenated alkanes) is 21. The van der Waals surface area contributed by atoms with Gasteiger partial charge in [0.15, 0.2) is 0 Å². The van der Waals surface area contributed by atoms with Crippen molar-refractivity contribution in [3.8, 4) is 0 Å². The molecule has 1 nitrogen and oxygen atoms in total. The number of rotatable bonds is 25. The molecule has 0 heterocycles. The van der Waals surface area contributed by atoms with E-state index in [1.54, 1.807) is 0 Å². The summed E-state index contributed by atoms with van der Waals surface area (Å²) in [6.07, 6.45) is 31.8. The lowest BCUT2D eigenvalue weighted by Gasteiger charge is -2.04. The lowest BCUT2D eigenvalue weighted by atomic mass is 10.0. The van der Waals surface area contributed by atoms with E-state index in [0.717, 1.165) is 5.75 Å². The van der Waals surface area contributed by atoms with Crippen LogP contribution >= 0.6 is 11.8 Å². The van der Waals surface area contributed by atoms with Gasteiger partial charge in [-0.15, -0.1) is 0 Å². The minimum Gasteiger partial charge on any atom is -0.236 e. The van der Waals surface area contributed by atoms with E-state index >= 15 is 0 Å². The molecule has 169 valence electrons. The Morgan fingerprint density at radius 2 is 0.679 bits per heavy atom. The Bertz CT molecular complexity index is 231. The van der Waals surface area contributed by atoms with Crippen LogP contribution < -0.4 is 0 Å². The molecule has 0 bridgehead atoms. The van der Waals surface area contributed by atoms with Gasteiger partial charge in [0.1, 0.15) is 0 Å². The van der Waals surface area contributed by atoms with Crippen molar-refractivity contribution in [2.24, 2.45) is 0 Å². The van der Waals surface area contributed by atoms with Crippen LogP contribution in [0.4, 0.5) is 0 Å². The topological polar surface area (TPSA) is 19.9 Å². The van der Waals surface area contributed by atoms with E-state index in [9.17, 15) is 5.11 Å². The van der Waals surface area contributed by atoms with Crippen LogP contribution in [0.5, 0.6) is 0 Å². The Morgan fingerprint density at radius 1 is 0.393 bits per heavy atom. The lowest BCUT2D eigenvalue weighted by Crippen LogP contribution is -1.88. The van der Waals surface area contributed by atoms with Gasteiger partial charge in [-0.05, 0) is 12.2 Å². The molecule has 1 radical (unpaired) electrons. The van der Waals surface area contributed by atoms with Crippen molar-refractivity contribution in [1.82, 2.24) is 0 Å². The number of thioether (sulfide) groups is 1. The average molecular weight is 414 g/mol. The summed E-state index contributed by atoms with van der Waals surface area (Å²) in [6, 6.07) is 0. The molecule has 0 aliphatic rings. The maximum Gasteiger partial charge on any atom is 0.0912 e. The molecule has 0 amide bonds. The highest BCUT2D eigenvalue weighted by molar-refractivity contribution is 7.99. The Hall–Kier alpha value is 0.310. The quantitative estimate of drug-likeness (QED) is 0.136. The van der Waals surface area contributed by atoms with Crippen LogP contribution in [0.25, 0.3) is 0 Å². The Balaban J connectivity index is 2.96. The van der Waals surface area contributed by atoms with Gasteiger partial charge in [-0.2, -0.15) is 11.8 Å². The van der Waals surface area contributed by atoms with Gasteiger partial charge in [0.05, 0.1) is 6.61 Å². The van der Waals surface area contributed by atoms with Crippen LogP contribution in [0.1, 0.15) is 148 Å². The molecule has 0 rings (SSSR count). The van der Waals surface area contributed by atoms with Gasteiger partial charge in [-0.25, -0.2) is 5.11 Å². The first-order valence-corrected chi connectivity index (χ1v) is 14.2. The smallest absolute Gasteiger partial charge is 0.0912 e. The van der Waals surface area contributed by atoms with Gasteiger partial charge in [0.2, 0.25) is 0 Å². The Morgan fingerprint density at radius 3 is 0.964 bits per heavy atom. The van der Waals surface area contributed by atoms with Crippen LogP contribution in [-0.2, 0) is 5.11 Å². The van der Waals surface area contributed by atoms with Crippen LogP contribution in [0.2, 0.25) is 0 Å². The zero-order chi connectivity index (χ0) is 20.4. The monoisotopic (exact) mass is 413 g/mol. The summed E-state index contributed by atoms with van der Waals surface area (Å²) in [7, 11) is 0. The number of hydrogen-bond acceptors (Lipinski definition) is 1. The Labute approximate surface area is 183 Å². The van der Waals surface area contributed by atoms with Gasteiger partial charge in [0, 0.05) is 5.75 Å². The molecule has 0 aromatic heterocycles. The molecule has 0 saturated heterocycles. The van der Waals surface area contributed by atoms with E-state index in [4.69, 9.17) is 0 Å². The lowest BCUT2D eigenvalue weighted by molar-refractivity contribution is 0.215. The van der Waals surface area contributed by atoms with Crippen molar-refractivity contribution in [1.29, 1.82) is 0 Å². The van der Waals surface area contributed by atoms with E-state index in [1.807, 2.05) is 11.8 Å². The molecule has 0 atom stereocenters. The van der Waals surface area contributed by atoms with Crippen LogP contribution in [0.15, 0.2) is 0 Å². The zero-order valence-corrected chi connectivity index (χ0v) is 20.3. The predicted molar refractivity (Wildman–Crippen MR) is 130 cm³/mol. The minimum absolute atomic E-state index is 0.0873. The highest BCUT2D eigenvalue weighted by Crippen LogP contribution is 2.15. The molecule has 0 unspecified atom stereocenters. The molecule has 0 spiro atoms. The normalized spacial score (nSPS) is 11.4. The van der Waals surface area contributed by atoms with Crippen molar-refractivity contribution >= 4 is 11.8 Å². The fraction of sp³-hybridized carbons (Fsp3) is 1.00. The van der Waals surface area contributed by atoms with Crippen molar-refractivity contribution in [3.05, 3.63) is 0 Å². The third kappa shape index (κ3) is 26.3. The minimum atomic E-state index is 0.0873. The second kappa shape index (κ2) is 27.3. The number of hydrogen-bond donors (Lipinski definition) is 0. The maximum absolute atomic E-state index is 10.3. The SMILES string of the molecule is CCCCCCCCCCCCCCCCCCCCCCCCSCC[O]. The fourth-order valence-corrected chi connectivity index (χ4v) is 4.70. The zero-order valence-electron chi connectivity index (χ0n) is 19.5. The molecular formula is C26H53OS. The average Bonchev–Trinajstić information content (AvgIpc) is 2.71. The van der Waals surface area contributed by atoms with Gasteiger partial charge in [-0.1, -0.05) is 142 Å². The molecule has 0 aromatic rings. The summed E-state index contributed by atoms with van der Waals surface area (Å²) in [5.41, 5.74) is 0. The maximum atomic E-state index is 10.3. The van der Waals surface area contributed by atoms with Gasteiger partial charge < -0.3 is 0 Å². The second-order valence-corrected chi connectivity index (χ2v) is 9.97. The molecule has 2 heteroatoms. The molecule has 0 aliphatic heterocycles. The van der Waals surface area contributed by atoms with Gasteiger partial charge >= 0.3 is 0 Å². The fourth-order valence-electron chi connectivity index (χ4n) is 3.97. The largest absolute Gasteiger partial charge is 0.236 e. The van der Waals surface area contributed by atoms with Crippen molar-refractivity contribution in [2.75, 3.05) is 18.1 Å². The summed E-state index contributed by atoms with van der Waals surface area (Å²) in [6.45, 7) is 2.38. The van der Waals surface area contributed by atoms with E-state index in [-0.39, 0.29) is 6.61 Å². The molecule has 0 aromatic carbocycles. The molecule has 28 heavy (non-hydrogen) atoms.